The summed E-state index contributed by atoms with van der Waals surface area (Å²) in [7, 11) is 1.77. The number of hydrogen-bond acceptors (Lipinski definition) is 3. The van der Waals surface area contributed by atoms with Crippen molar-refractivity contribution in [1.29, 1.82) is 0 Å². The Morgan fingerprint density at radius 3 is 2.35 bits per heavy atom. The molecule has 0 spiro atoms. The van der Waals surface area contributed by atoms with Crippen LogP contribution in [0.15, 0.2) is 24.3 Å². The maximum absolute atomic E-state index is 12.1. The van der Waals surface area contributed by atoms with E-state index in [0.29, 0.717) is 18.1 Å². The van der Waals surface area contributed by atoms with Gasteiger partial charge in [-0.05, 0) is 39.4 Å². The van der Waals surface area contributed by atoms with Crippen LogP contribution < -0.4 is 5.32 Å². The topological polar surface area (TPSA) is 52.7 Å². The molecule has 0 aromatic heterocycles. The summed E-state index contributed by atoms with van der Waals surface area (Å²) in [5.41, 5.74) is 0.879. The van der Waals surface area contributed by atoms with E-state index in [9.17, 15) is 9.59 Å². The number of hydrogen-bond donors (Lipinski definition) is 1. The molecule has 0 saturated heterocycles. The van der Waals surface area contributed by atoms with Crippen LogP contribution in [0.4, 0.5) is 0 Å². The number of likely N-dealkylation sites (N-methyl/N-ethyl adjacent to an activating group) is 2. The SMILES string of the molecule is CCN(CC)C(=O)CN(C)CC(=O)NC(C)c1ccccc1Cl. The molecule has 6 heteroatoms. The maximum atomic E-state index is 12.1. The molecule has 0 radical (unpaired) electrons. The Kier molecular flexibility index (Phi) is 8.06. The van der Waals surface area contributed by atoms with Gasteiger partial charge in [-0.15, -0.1) is 0 Å². The fourth-order valence-electron chi connectivity index (χ4n) is 2.40. The number of carbonyl (C=O) groups excluding carboxylic acids is 2. The Morgan fingerprint density at radius 1 is 1.17 bits per heavy atom. The lowest BCUT2D eigenvalue weighted by molar-refractivity contribution is -0.132. The number of benzene rings is 1. The van der Waals surface area contributed by atoms with Crippen molar-refractivity contribution in [3.8, 4) is 0 Å². The number of rotatable bonds is 8. The van der Waals surface area contributed by atoms with Crippen LogP contribution in [0.5, 0.6) is 0 Å². The standard InChI is InChI=1S/C17H26ClN3O2/c1-5-21(6-2)17(23)12-20(4)11-16(22)19-13(3)14-9-7-8-10-15(14)18/h7-10,13H,5-6,11-12H2,1-4H3,(H,19,22). The second-order valence-corrected chi connectivity index (χ2v) is 5.96. The summed E-state index contributed by atoms with van der Waals surface area (Å²) in [5, 5.41) is 3.54. The zero-order valence-corrected chi connectivity index (χ0v) is 15.1. The smallest absolute Gasteiger partial charge is 0.236 e. The molecule has 1 aromatic carbocycles. The van der Waals surface area contributed by atoms with E-state index in [1.165, 1.54) is 0 Å². The van der Waals surface area contributed by atoms with Crippen LogP contribution in [0.25, 0.3) is 0 Å². The van der Waals surface area contributed by atoms with Crippen molar-refractivity contribution < 1.29 is 9.59 Å². The van der Waals surface area contributed by atoms with Crippen molar-refractivity contribution in [3.63, 3.8) is 0 Å². The number of carbonyl (C=O) groups is 2. The van der Waals surface area contributed by atoms with Gasteiger partial charge in [-0.1, -0.05) is 29.8 Å². The van der Waals surface area contributed by atoms with E-state index in [1.807, 2.05) is 39.0 Å². The molecular weight excluding hydrogens is 314 g/mol. The van der Waals surface area contributed by atoms with Crippen molar-refractivity contribution in [2.75, 3.05) is 33.2 Å². The summed E-state index contributed by atoms with van der Waals surface area (Å²) in [4.78, 5) is 27.6. The van der Waals surface area contributed by atoms with Crippen molar-refractivity contribution in [3.05, 3.63) is 34.9 Å². The highest BCUT2D eigenvalue weighted by atomic mass is 35.5. The highest BCUT2D eigenvalue weighted by Gasteiger charge is 2.16. The minimum absolute atomic E-state index is 0.0319. The molecule has 5 nitrogen and oxygen atoms in total. The third-order valence-electron chi connectivity index (χ3n) is 3.68. The van der Waals surface area contributed by atoms with Crippen molar-refractivity contribution in [2.45, 2.75) is 26.8 Å². The van der Waals surface area contributed by atoms with Gasteiger partial charge in [0.15, 0.2) is 0 Å². The monoisotopic (exact) mass is 339 g/mol. The molecule has 0 fully saturated rings. The second-order valence-electron chi connectivity index (χ2n) is 5.55. The normalized spacial score (nSPS) is 12.1. The molecule has 0 aliphatic heterocycles. The number of nitrogens with zero attached hydrogens (tertiary/aromatic N) is 2. The van der Waals surface area contributed by atoms with Crippen LogP contribution in [-0.2, 0) is 9.59 Å². The van der Waals surface area contributed by atoms with E-state index in [1.54, 1.807) is 22.9 Å². The van der Waals surface area contributed by atoms with Crippen molar-refractivity contribution in [2.24, 2.45) is 0 Å². The first kappa shape index (κ1) is 19.5. The van der Waals surface area contributed by atoms with Crippen LogP contribution in [-0.4, -0.2) is 54.8 Å². The average molecular weight is 340 g/mol. The second kappa shape index (κ2) is 9.53. The summed E-state index contributed by atoms with van der Waals surface area (Å²) in [6.07, 6.45) is 0. The average Bonchev–Trinajstić information content (AvgIpc) is 2.48. The minimum Gasteiger partial charge on any atom is -0.348 e. The maximum Gasteiger partial charge on any atom is 0.236 e. The van der Waals surface area contributed by atoms with Crippen LogP contribution in [0.3, 0.4) is 0 Å². The number of amides is 2. The zero-order valence-electron chi connectivity index (χ0n) is 14.3. The molecule has 1 N–H and O–H groups in total. The van der Waals surface area contributed by atoms with E-state index < -0.39 is 0 Å². The Morgan fingerprint density at radius 2 is 1.78 bits per heavy atom. The number of halogens is 1. The van der Waals surface area contributed by atoms with Gasteiger partial charge in [-0.3, -0.25) is 14.5 Å². The van der Waals surface area contributed by atoms with Crippen LogP contribution in [0.2, 0.25) is 5.02 Å². The lowest BCUT2D eigenvalue weighted by Gasteiger charge is -2.23. The van der Waals surface area contributed by atoms with E-state index in [4.69, 9.17) is 11.6 Å². The van der Waals surface area contributed by atoms with E-state index >= 15 is 0 Å². The van der Waals surface area contributed by atoms with Crippen LogP contribution >= 0.6 is 11.6 Å². The third-order valence-corrected chi connectivity index (χ3v) is 4.03. The van der Waals surface area contributed by atoms with Gasteiger partial charge in [0.25, 0.3) is 0 Å². The summed E-state index contributed by atoms with van der Waals surface area (Å²) in [6.45, 7) is 7.54. The third kappa shape index (κ3) is 6.20. The van der Waals surface area contributed by atoms with Gasteiger partial charge in [0.1, 0.15) is 0 Å². The summed E-state index contributed by atoms with van der Waals surface area (Å²) >= 11 is 6.13. The first-order chi connectivity index (χ1) is 10.9. The lowest BCUT2D eigenvalue weighted by Crippen LogP contribution is -2.43. The van der Waals surface area contributed by atoms with Gasteiger partial charge in [0.2, 0.25) is 11.8 Å². The molecule has 1 atom stereocenters. The van der Waals surface area contributed by atoms with Gasteiger partial charge in [-0.2, -0.15) is 0 Å². The largest absolute Gasteiger partial charge is 0.348 e. The molecule has 1 rings (SSSR count). The molecule has 0 saturated carbocycles. The Hall–Kier alpha value is -1.59. The summed E-state index contributed by atoms with van der Waals surface area (Å²) in [6, 6.07) is 7.25. The highest BCUT2D eigenvalue weighted by Crippen LogP contribution is 2.21. The van der Waals surface area contributed by atoms with E-state index in [-0.39, 0.29) is 30.9 Å². The van der Waals surface area contributed by atoms with E-state index in [0.717, 1.165) is 5.56 Å². The lowest BCUT2D eigenvalue weighted by atomic mass is 10.1. The van der Waals surface area contributed by atoms with Gasteiger partial charge in [0.05, 0.1) is 19.1 Å². The molecule has 0 aliphatic carbocycles. The molecule has 23 heavy (non-hydrogen) atoms. The van der Waals surface area contributed by atoms with Gasteiger partial charge in [0, 0.05) is 18.1 Å². The fourth-order valence-corrected chi connectivity index (χ4v) is 2.70. The molecule has 0 aliphatic rings. The number of nitrogens with one attached hydrogen (secondary N) is 1. The summed E-state index contributed by atoms with van der Waals surface area (Å²) < 4.78 is 0. The first-order valence-corrected chi connectivity index (χ1v) is 8.26. The molecule has 0 heterocycles. The quantitative estimate of drug-likeness (QED) is 0.790. The summed E-state index contributed by atoms with van der Waals surface area (Å²) in [5.74, 6) is -0.100. The predicted molar refractivity (Wildman–Crippen MR) is 93.4 cm³/mol. The predicted octanol–water partition coefficient (Wildman–Crippen LogP) is 2.32. The molecule has 0 bridgehead atoms. The molecule has 2 amide bonds. The van der Waals surface area contributed by atoms with Gasteiger partial charge in [-0.25, -0.2) is 0 Å². The first-order valence-electron chi connectivity index (χ1n) is 7.89. The van der Waals surface area contributed by atoms with E-state index in [2.05, 4.69) is 5.32 Å². The minimum atomic E-state index is -0.178. The van der Waals surface area contributed by atoms with Crippen LogP contribution in [0.1, 0.15) is 32.4 Å². The van der Waals surface area contributed by atoms with Gasteiger partial charge < -0.3 is 10.2 Å². The Balaban J connectivity index is 2.50. The van der Waals surface area contributed by atoms with Crippen molar-refractivity contribution >= 4 is 23.4 Å². The molecule has 1 unspecified atom stereocenters. The van der Waals surface area contributed by atoms with Gasteiger partial charge >= 0.3 is 0 Å². The molecule has 128 valence electrons. The van der Waals surface area contributed by atoms with Crippen LogP contribution in [0, 0.1) is 0 Å². The Labute approximate surface area is 143 Å². The molecular formula is C17H26ClN3O2. The van der Waals surface area contributed by atoms with Crippen molar-refractivity contribution in [1.82, 2.24) is 15.1 Å². The zero-order chi connectivity index (χ0) is 17.4. The Bertz CT molecular complexity index is 532. The fraction of sp³-hybridized carbons (Fsp3) is 0.529. The highest BCUT2D eigenvalue weighted by molar-refractivity contribution is 6.31. The molecule has 1 aromatic rings.